The van der Waals surface area contributed by atoms with Crippen molar-refractivity contribution in [1.82, 2.24) is 9.88 Å². The number of nitrogens with one attached hydrogen (secondary N) is 1. The van der Waals surface area contributed by atoms with Gasteiger partial charge in [0.05, 0.1) is 0 Å². The number of rotatable bonds is 3. The number of nitrogens with zero attached hydrogens (tertiary/aromatic N) is 3. The summed E-state index contributed by atoms with van der Waals surface area (Å²) in [4.78, 5) is 20.8. The second-order valence-electron chi connectivity index (χ2n) is 5.81. The van der Waals surface area contributed by atoms with Gasteiger partial charge in [0.1, 0.15) is 5.82 Å². The van der Waals surface area contributed by atoms with E-state index in [-0.39, 0.29) is 12.1 Å². The van der Waals surface area contributed by atoms with Gasteiger partial charge in [0.25, 0.3) is 0 Å². The zero-order chi connectivity index (χ0) is 16.1. The topological polar surface area (TPSA) is 48.5 Å². The lowest BCUT2D eigenvalue weighted by Crippen LogP contribution is -2.47. The lowest BCUT2D eigenvalue weighted by Gasteiger charge is -2.37. The van der Waals surface area contributed by atoms with E-state index in [0.29, 0.717) is 0 Å². The predicted molar refractivity (Wildman–Crippen MR) is 92.7 cm³/mol. The number of hydrogen-bond donors (Lipinski definition) is 1. The molecule has 1 aliphatic heterocycles. The largest absolute Gasteiger partial charge is 0.356 e. The Labute approximate surface area is 136 Å². The fraction of sp³-hybridized carbons (Fsp3) is 0.333. The molecular weight excluding hydrogens is 288 g/mol. The Kier molecular flexibility index (Phi) is 4.76. The SMILES string of the molecule is CN(C(=O)Nc1ccccc1)C1CCN(c2ccccn2)CC1. The van der Waals surface area contributed by atoms with Crippen molar-refractivity contribution in [3.8, 4) is 0 Å². The van der Waals surface area contributed by atoms with Crippen LogP contribution in [0.5, 0.6) is 0 Å². The fourth-order valence-corrected chi connectivity index (χ4v) is 2.92. The molecule has 0 bridgehead atoms. The summed E-state index contributed by atoms with van der Waals surface area (Å²) in [5, 5.41) is 2.94. The first kappa shape index (κ1) is 15.3. The molecule has 2 heterocycles. The van der Waals surface area contributed by atoms with Gasteiger partial charge >= 0.3 is 6.03 Å². The van der Waals surface area contributed by atoms with Crippen molar-refractivity contribution < 1.29 is 4.79 Å². The molecule has 1 aromatic carbocycles. The van der Waals surface area contributed by atoms with E-state index in [2.05, 4.69) is 15.2 Å². The van der Waals surface area contributed by atoms with Crippen LogP contribution in [0, 0.1) is 0 Å². The van der Waals surface area contributed by atoms with Crippen LogP contribution in [0.4, 0.5) is 16.3 Å². The van der Waals surface area contributed by atoms with Crippen LogP contribution in [-0.2, 0) is 0 Å². The predicted octanol–water partition coefficient (Wildman–Crippen LogP) is 3.21. The summed E-state index contributed by atoms with van der Waals surface area (Å²) in [7, 11) is 1.87. The molecule has 0 atom stereocenters. The van der Waals surface area contributed by atoms with Gasteiger partial charge in [-0.2, -0.15) is 0 Å². The van der Waals surface area contributed by atoms with E-state index in [0.717, 1.165) is 37.4 Å². The average Bonchev–Trinajstić information content (AvgIpc) is 2.63. The number of carbonyl (C=O) groups excluding carboxylic acids is 1. The van der Waals surface area contributed by atoms with Gasteiger partial charge in [-0.3, -0.25) is 0 Å². The van der Waals surface area contributed by atoms with Crippen molar-refractivity contribution in [1.29, 1.82) is 0 Å². The van der Waals surface area contributed by atoms with Crippen molar-refractivity contribution in [2.24, 2.45) is 0 Å². The highest BCUT2D eigenvalue weighted by Crippen LogP contribution is 2.20. The van der Waals surface area contributed by atoms with Crippen molar-refractivity contribution in [2.45, 2.75) is 18.9 Å². The standard InChI is InChI=1S/C18H22N4O/c1-21(18(23)20-15-7-3-2-4-8-15)16-10-13-22(14-11-16)17-9-5-6-12-19-17/h2-9,12,16H,10-11,13-14H2,1H3,(H,20,23). The van der Waals surface area contributed by atoms with Gasteiger partial charge in [-0.15, -0.1) is 0 Å². The Hall–Kier alpha value is -2.56. The number of benzene rings is 1. The van der Waals surface area contributed by atoms with E-state index in [1.807, 2.05) is 66.7 Å². The number of pyridine rings is 1. The van der Waals surface area contributed by atoms with E-state index in [4.69, 9.17) is 0 Å². The molecule has 1 saturated heterocycles. The van der Waals surface area contributed by atoms with E-state index in [9.17, 15) is 4.79 Å². The number of para-hydroxylation sites is 1. The van der Waals surface area contributed by atoms with Gasteiger partial charge in [-0.25, -0.2) is 9.78 Å². The zero-order valence-corrected chi connectivity index (χ0v) is 13.4. The highest BCUT2D eigenvalue weighted by molar-refractivity contribution is 5.89. The van der Waals surface area contributed by atoms with Crippen LogP contribution in [0.2, 0.25) is 0 Å². The Morgan fingerprint density at radius 2 is 1.83 bits per heavy atom. The number of piperidine rings is 1. The van der Waals surface area contributed by atoms with E-state index in [1.165, 1.54) is 0 Å². The molecule has 1 fully saturated rings. The van der Waals surface area contributed by atoms with Crippen molar-refractivity contribution in [3.63, 3.8) is 0 Å². The van der Waals surface area contributed by atoms with Crippen LogP contribution in [0.3, 0.4) is 0 Å². The Morgan fingerprint density at radius 1 is 1.13 bits per heavy atom. The number of anilines is 2. The summed E-state index contributed by atoms with van der Waals surface area (Å²) in [6.07, 6.45) is 3.73. The molecule has 2 amide bonds. The van der Waals surface area contributed by atoms with Gasteiger partial charge in [0, 0.05) is 38.1 Å². The Balaban J connectivity index is 1.53. The molecule has 0 radical (unpaired) electrons. The van der Waals surface area contributed by atoms with Crippen molar-refractivity contribution in [2.75, 3.05) is 30.4 Å². The quantitative estimate of drug-likeness (QED) is 0.947. The average molecular weight is 310 g/mol. The summed E-state index contributed by atoms with van der Waals surface area (Å²) in [5.74, 6) is 1.02. The molecule has 0 spiro atoms. The minimum atomic E-state index is -0.0486. The number of amides is 2. The van der Waals surface area contributed by atoms with Gasteiger partial charge in [-0.1, -0.05) is 24.3 Å². The Morgan fingerprint density at radius 3 is 2.48 bits per heavy atom. The van der Waals surface area contributed by atoms with E-state index < -0.39 is 0 Å². The second-order valence-corrected chi connectivity index (χ2v) is 5.81. The van der Waals surface area contributed by atoms with Gasteiger partial charge in [0.15, 0.2) is 0 Å². The Bertz CT molecular complexity index is 624. The lowest BCUT2D eigenvalue weighted by atomic mass is 10.0. The summed E-state index contributed by atoms with van der Waals surface area (Å²) in [6.45, 7) is 1.84. The summed E-state index contributed by atoms with van der Waals surface area (Å²) in [6, 6.07) is 15.8. The minimum absolute atomic E-state index is 0.0486. The van der Waals surface area contributed by atoms with Crippen LogP contribution < -0.4 is 10.2 Å². The highest BCUT2D eigenvalue weighted by Gasteiger charge is 2.25. The first-order valence-corrected chi connectivity index (χ1v) is 7.99. The first-order valence-electron chi connectivity index (χ1n) is 7.99. The van der Waals surface area contributed by atoms with Crippen LogP contribution in [-0.4, -0.2) is 42.1 Å². The molecule has 120 valence electrons. The monoisotopic (exact) mass is 310 g/mol. The molecule has 0 saturated carbocycles. The molecule has 1 N–H and O–H groups in total. The number of hydrogen-bond acceptors (Lipinski definition) is 3. The third-order valence-corrected chi connectivity index (χ3v) is 4.33. The molecule has 1 aromatic heterocycles. The number of aromatic nitrogens is 1. The maximum atomic E-state index is 12.4. The van der Waals surface area contributed by atoms with E-state index >= 15 is 0 Å². The highest BCUT2D eigenvalue weighted by atomic mass is 16.2. The maximum Gasteiger partial charge on any atom is 0.321 e. The molecule has 1 aliphatic rings. The van der Waals surface area contributed by atoms with Crippen LogP contribution in [0.25, 0.3) is 0 Å². The van der Waals surface area contributed by atoms with Crippen molar-refractivity contribution in [3.05, 3.63) is 54.7 Å². The van der Waals surface area contributed by atoms with Gasteiger partial charge in [0.2, 0.25) is 0 Å². The third kappa shape index (κ3) is 3.80. The molecule has 0 aliphatic carbocycles. The third-order valence-electron chi connectivity index (χ3n) is 4.33. The number of urea groups is 1. The zero-order valence-electron chi connectivity index (χ0n) is 13.4. The van der Waals surface area contributed by atoms with Gasteiger partial charge in [-0.05, 0) is 37.1 Å². The van der Waals surface area contributed by atoms with Crippen LogP contribution in [0.1, 0.15) is 12.8 Å². The summed E-state index contributed by atoms with van der Waals surface area (Å²) >= 11 is 0. The molecule has 23 heavy (non-hydrogen) atoms. The van der Waals surface area contributed by atoms with Crippen LogP contribution >= 0.6 is 0 Å². The molecule has 5 nitrogen and oxygen atoms in total. The number of carbonyl (C=O) groups is 1. The summed E-state index contributed by atoms with van der Waals surface area (Å²) in [5.41, 5.74) is 0.829. The fourth-order valence-electron chi connectivity index (χ4n) is 2.92. The summed E-state index contributed by atoms with van der Waals surface area (Å²) < 4.78 is 0. The molecule has 0 unspecified atom stereocenters. The molecule has 2 aromatic rings. The normalized spacial score (nSPS) is 15.3. The second kappa shape index (κ2) is 7.13. The molecular formula is C18H22N4O. The smallest absolute Gasteiger partial charge is 0.321 e. The molecule has 5 heteroatoms. The minimum Gasteiger partial charge on any atom is -0.356 e. The van der Waals surface area contributed by atoms with Crippen molar-refractivity contribution >= 4 is 17.5 Å². The molecule has 3 rings (SSSR count). The maximum absolute atomic E-state index is 12.4. The van der Waals surface area contributed by atoms with Crippen LogP contribution in [0.15, 0.2) is 54.7 Å². The van der Waals surface area contributed by atoms with Gasteiger partial charge < -0.3 is 15.1 Å². The lowest BCUT2D eigenvalue weighted by molar-refractivity contribution is 0.193. The van der Waals surface area contributed by atoms with E-state index in [1.54, 1.807) is 0 Å². The first-order chi connectivity index (χ1) is 11.2.